The van der Waals surface area contributed by atoms with E-state index in [1.807, 2.05) is 19.1 Å². The number of hydrogen-bond acceptors (Lipinski definition) is 5. The number of aryl methyl sites for hydroxylation is 1. The smallest absolute Gasteiger partial charge is 0.233 e. The summed E-state index contributed by atoms with van der Waals surface area (Å²) in [7, 11) is 0. The van der Waals surface area contributed by atoms with Gasteiger partial charge >= 0.3 is 0 Å². The molecule has 2 fully saturated rings. The predicted molar refractivity (Wildman–Crippen MR) is 95.2 cm³/mol. The minimum atomic E-state index is -0.145. The van der Waals surface area contributed by atoms with Crippen molar-refractivity contribution in [1.82, 2.24) is 15.1 Å². The molecule has 1 aromatic carbocycles. The zero-order chi connectivity index (χ0) is 17.9. The minimum absolute atomic E-state index is 0.0738. The monoisotopic (exact) mass is 359 g/mol. The van der Waals surface area contributed by atoms with E-state index in [4.69, 9.17) is 9.15 Å². The average Bonchev–Trinajstić information content (AvgIpc) is 3.16. The summed E-state index contributed by atoms with van der Waals surface area (Å²) in [5.41, 5.74) is 1.82. The molecule has 0 radical (unpaired) electrons. The Balaban J connectivity index is 1.52. The molecule has 140 valence electrons. The van der Waals surface area contributed by atoms with Gasteiger partial charge in [0.25, 0.3) is 0 Å². The lowest BCUT2D eigenvalue weighted by molar-refractivity contribution is 0.0767. The number of likely N-dealkylation sites (tertiary alicyclic amines) is 1. The van der Waals surface area contributed by atoms with Crippen LogP contribution in [0.3, 0.4) is 0 Å². The first-order chi connectivity index (χ1) is 12.7. The van der Waals surface area contributed by atoms with Crippen molar-refractivity contribution in [2.75, 3.05) is 19.8 Å². The summed E-state index contributed by atoms with van der Waals surface area (Å²) >= 11 is 0. The molecular formula is C20H26FN3O2. The van der Waals surface area contributed by atoms with Crippen LogP contribution in [-0.4, -0.2) is 34.9 Å². The summed E-state index contributed by atoms with van der Waals surface area (Å²) < 4.78 is 25.7. The van der Waals surface area contributed by atoms with Gasteiger partial charge in [-0.15, -0.1) is 10.2 Å². The van der Waals surface area contributed by atoms with Crippen LogP contribution < -0.4 is 0 Å². The summed E-state index contributed by atoms with van der Waals surface area (Å²) in [4.78, 5) is 2.28. The third kappa shape index (κ3) is 3.81. The van der Waals surface area contributed by atoms with E-state index < -0.39 is 0 Å². The van der Waals surface area contributed by atoms with Crippen LogP contribution in [0.4, 0.5) is 4.39 Å². The van der Waals surface area contributed by atoms with Crippen LogP contribution in [0.1, 0.15) is 67.0 Å². The maximum Gasteiger partial charge on any atom is 0.233 e. The lowest BCUT2D eigenvalue weighted by Crippen LogP contribution is -2.33. The van der Waals surface area contributed by atoms with E-state index in [2.05, 4.69) is 15.1 Å². The lowest BCUT2D eigenvalue weighted by Gasteiger charge is -2.33. The van der Waals surface area contributed by atoms with Crippen LogP contribution in [-0.2, 0) is 11.3 Å². The number of nitrogens with zero attached hydrogens (tertiary/aromatic N) is 3. The van der Waals surface area contributed by atoms with Gasteiger partial charge in [-0.1, -0.05) is 24.1 Å². The van der Waals surface area contributed by atoms with Crippen LogP contribution in [0.25, 0.3) is 0 Å². The molecule has 3 heterocycles. The molecule has 0 aliphatic carbocycles. The SMILES string of the molecule is Cc1ccc(F)c(CN2CCCCC2c2nnc(C3CCOCC3)o2)c1. The second-order valence-electron chi connectivity index (χ2n) is 7.44. The van der Waals surface area contributed by atoms with Gasteiger partial charge in [0.05, 0.1) is 6.04 Å². The number of aromatic nitrogens is 2. The number of rotatable bonds is 4. The van der Waals surface area contributed by atoms with Crippen molar-refractivity contribution in [2.45, 2.75) is 57.5 Å². The summed E-state index contributed by atoms with van der Waals surface area (Å²) in [6.45, 7) is 5.00. The van der Waals surface area contributed by atoms with E-state index in [0.29, 0.717) is 18.4 Å². The molecule has 2 aliphatic rings. The van der Waals surface area contributed by atoms with Gasteiger partial charge in [0.15, 0.2) is 0 Å². The lowest BCUT2D eigenvalue weighted by atomic mass is 10.00. The van der Waals surface area contributed by atoms with Crippen LogP contribution in [0, 0.1) is 12.7 Å². The summed E-state index contributed by atoms with van der Waals surface area (Å²) in [6.07, 6.45) is 5.09. The van der Waals surface area contributed by atoms with Gasteiger partial charge < -0.3 is 9.15 Å². The molecule has 0 N–H and O–H groups in total. The van der Waals surface area contributed by atoms with Crippen molar-refractivity contribution in [3.63, 3.8) is 0 Å². The molecule has 2 aromatic rings. The molecular weight excluding hydrogens is 333 g/mol. The van der Waals surface area contributed by atoms with Gasteiger partial charge in [-0.25, -0.2) is 4.39 Å². The van der Waals surface area contributed by atoms with E-state index in [1.54, 1.807) is 6.07 Å². The van der Waals surface area contributed by atoms with E-state index in [1.165, 1.54) is 0 Å². The zero-order valence-corrected chi connectivity index (χ0v) is 15.3. The van der Waals surface area contributed by atoms with E-state index in [0.717, 1.165) is 68.9 Å². The Morgan fingerprint density at radius 3 is 2.77 bits per heavy atom. The van der Waals surface area contributed by atoms with Crippen LogP contribution >= 0.6 is 0 Å². The first-order valence-corrected chi connectivity index (χ1v) is 9.61. The molecule has 5 nitrogen and oxygen atoms in total. The van der Waals surface area contributed by atoms with Crippen molar-refractivity contribution in [3.8, 4) is 0 Å². The maximum atomic E-state index is 14.2. The Hall–Kier alpha value is -1.79. The molecule has 0 amide bonds. The van der Waals surface area contributed by atoms with Crippen molar-refractivity contribution in [3.05, 3.63) is 46.9 Å². The molecule has 0 spiro atoms. The van der Waals surface area contributed by atoms with Crippen molar-refractivity contribution in [1.29, 1.82) is 0 Å². The first kappa shape index (κ1) is 17.6. The van der Waals surface area contributed by atoms with E-state index >= 15 is 0 Å². The standard InChI is InChI=1S/C20H26FN3O2/c1-14-5-6-17(21)16(12-14)13-24-9-3-2-4-18(24)20-23-22-19(26-20)15-7-10-25-11-8-15/h5-6,12,15,18H,2-4,7-11,13H2,1H3. The fraction of sp³-hybridized carbons (Fsp3) is 0.600. The Morgan fingerprint density at radius 2 is 1.92 bits per heavy atom. The molecule has 1 unspecified atom stereocenters. The molecule has 0 bridgehead atoms. The van der Waals surface area contributed by atoms with Gasteiger partial charge in [-0.05, 0) is 45.2 Å². The highest BCUT2D eigenvalue weighted by Crippen LogP contribution is 2.34. The second-order valence-corrected chi connectivity index (χ2v) is 7.44. The Morgan fingerprint density at radius 1 is 1.12 bits per heavy atom. The molecule has 2 aliphatic heterocycles. The van der Waals surface area contributed by atoms with Crippen molar-refractivity contribution >= 4 is 0 Å². The van der Waals surface area contributed by atoms with Crippen molar-refractivity contribution < 1.29 is 13.5 Å². The second kappa shape index (κ2) is 7.84. The topological polar surface area (TPSA) is 51.4 Å². The van der Waals surface area contributed by atoms with E-state index in [-0.39, 0.29) is 11.9 Å². The van der Waals surface area contributed by atoms with Crippen LogP contribution in [0.15, 0.2) is 22.6 Å². The van der Waals surface area contributed by atoms with Crippen LogP contribution in [0.2, 0.25) is 0 Å². The highest BCUT2D eigenvalue weighted by atomic mass is 19.1. The Kier molecular flexibility index (Phi) is 5.31. The highest BCUT2D eigenvalue weighted by molar-refractivity contribution is 5.24. The largest absolute Gasteiger partial charge is 0.423 e. The summed E-state index contributed by atoms with van der Waals surface area (Å²) in [5.74, 6) is 1.57. The molecule has 1 atom stereocenters. The van der Waals surface area contributed by atoms with Gasteiger partial charge in [-0.2, -0.15) is 0 Å². The van der Waals surface area contributed by atoms with Crippen molar-refractivity contribution in [2.24, 2.45) is 0 Å². The van der Waals surface area contributed by atoms with Gasteiger partial charge in [-0.3, -0.25) is 4.90 Å². The fourth-order valence-electron chi connectivity index (χ4n) is 3.99. The maximum absolute atomic E-state index is 14.2. The molecule has 0 saturated carbocycles. The zero-order valence-electron chi connectivity index (χ0n) is 15.3. The predicted octanol–water partition coefficient (Wildman–Crippen LogP) is 4.14. The molecule has 4 rings (SSSR count). The van der Waals surface area contributed by atoms with Gasteiger partial charge in [0.1, 0.15) is 5.82 Å². The number of ether oxygens (including phenoxy) is 1. The molecule has 6 heteroatoms. The Bertz CT molecular complexity index is 742. The summed E-state index contributed by atoms with van der Waals surface area (Å²) in [6, 6.07) is 5.37. The van der Waals surface area contributed by atoms with Gasteiger partial charge in [0, 0.05) is 31.2 Å². The van der Waals surface area contributed by atoms with Crippen LogP contribution in [0.5, 0.6) is 0 Å². The average molecular weight is 359 g/mol. The quantitative estimate of drug-likeness (QED) is 0.821. The minimum Gasteiger partial charge on any atom is -0.423 e. The molecule has 26 heavy (non-hydrogen) atoms. The molecule has 1 aromatic heterocycles. The number of halogens is 1. The number of piperidine rings is 1. The normalized spacial score (nSPS) is 22.6. The van der Waals surface area contributed by atoms with E-state index in [9.17, 15) is 4.39 Å². The molecule has 2 saturated heterocycles. The third-order valence-corrected chi connectivity index (χ3v) is 5.50. The number of hydrogen-bond donors (Lipinski definition) is 0. The third-order valence-electron chi connectivity index (χ3n) is 5.50. The number of benzene rings is 1. The fourth-order valence-corrected chi connectivity index (χ4v) is 3.99. The highest BCUT2D eigenvalue weighted by Gasteiger charge is 2.30. The summed E-state index contributed by atoms with van der Waals surface area (Å²) in [5, 5.41) is 8.67. The van der Waals surface area contributed by atoms with Gasteiger partial charge in [0.2, 0.25) is 11.8 Å². The Labute approximate surface area is 153 Å². The first-order valence-electron chi connectivity index (χ1n) is 9.61.